The van der Waals surface area contributed by atoms with E-state index in [4.69, 9.17) is 5.73 Å². The number of fused-ring (bicyclic) bond motifs is 1. The molecule has 2 rings (SSSR count). The molecule has 74 valence electrons. The van der Waals surface area contributed by atoms with Gasteiger partial charge in [-0.05, 0) is 30.2 Å². The van der Waals surface area contributed by atoms with Crippen molar-refractivity contribution < 1.29 is 0 Å². The van der Waals surface area contributed by atoms with Gasteiger partial charge in [0.1, 0.15) is 0 Å². The van der Waals surface area contributed by atoms with E-state index in [1.807, 2.05) is 5.51 Å². The fraction of sp³-hybridized carbons (Fsp3) is 0.300. The van der Waals surface area contributed by atoms with Crippen LogP contribution in [0.5, 0.6) is 0 Å². The zero-order chi connectivity index (χ0) is 10.1. The fourth-order valence-electron chi connectivity index (χ4n) is 1.40. The molecule has 0 saturated carbocycles. The lowest BCUT2D eigenvalue weighted by molar-refractivity contribution is 0.771. The molecule has 0 spiro atoms. The number of hydrogen-bond acceptors (Lipinski definition) is 3. The molecule has 2 N–H and O–H groups in total. The second-order valence-electron chi connectivity index (χ2n) is 3.33. The predicted octanol–water partition coefficient (Wildman–Crippen LogP) is 3.12. The molecule has 0 bridgehead atoms. The van der Waals surface area contributed by atoms with Gasteiger partial charge in [-0.1, -0.05) is 22.9 Å². The molecule has 0 saturated heterocycles. The maximum absolute atomic E-state index is 5.65. The lowest BCUT2D eigenvalue weighted by atomic mass is 10.0. The summed E-state index contributed by atoms with van der Waals surface area (Å²) in [5, 5.41) is 0. The van der Waals surface area contributed by atoms with Crippen LogP contribution in [0.2, 0.25) is 0 Å². The maximum Gasteiger partial charge on any atom is 0.0815 e. The molecule has 1 unspecified atom stereocenters. The summed E-state index contributed by atoms with van der Waals surface area (Å²) in [6.07, 6.45) is 0. The molecular weight excluding hydrogens is 260 g/mol. The van der Waals surface area contributed by atoms with Gasteiger partial charge in [-0.2, -0.15) is 0 Å². The van der Waals surface area contributed by atoms with E-state index in [0.29, 0.717) is 12.5 Å². The molecule has 0 aliphatic carbocycles. The zero-order valence-electron chi connectivity index (χ0n) is 7.83. The lowest BCUT2D eigenvalue weighted by Crippen LogP contribution is -2.09. The minimum atomic E-state index is 0.371. The molecule has 1 aromatic carbocycles. The number of aromatic nitrogens is 1. The summed E-state index contributed by atoms with van der Waals surface area (Å²) in [6.45, 7) is 2.78. The average Bonchev–Trinajstić information content (AvgIpc) is 2.62. The SMILES string of the molecule is CC(CN)c1cc2ncsc2cc1Br. The number of thiazole rings is 1. The van der Waals surface area contributed by atoms with Crippen molar-refractivity contribution in [2.24, 2.45) is 5.73 Å². The Morgan fingerprint density at radius 3 is 3.07 bits per heavy atom. The number of halogens is 1. The predicted molar refractivity (Wildman–Crippen MR) is 64.8 cm³/mol. The molecule has 0 aliphatic heterocycles. The van der Waals surface area contributed by atoms with E-state index >= 15 is 0 Å². The zero-order valence-corrected chi connectivity index (χ0v) is 10.2. The average molecular weight is 271 g/mol. The summed E-state index contributed by atoms with van der Waals surface area (Å²) in [4.78, 5) is 4.29. The van der Waals surface area contributed by atoms with E-state index in [1.165, 1.54) is 10.3 Å². The monoisotopic (exact) mass is 270 g/mol. The Balaban J connectivity index is 2.58. The molecule has 4 heteroatoms. The van der Waals surface area contributed by atoms with Crippen molar-refractivity contribution in [3.63, 3.8) is 0 Å². The third-order valence-corrected chi connectivity index (χ3v) is 3.81. The van der Waals surface area contributed by atoms with Crippen LogP contribution in [0.15, 0.2) is 22.1 Å². The van der Waals surface area contributed by atoms with Crippen LogP contribution in [0.1, 0.15) is 18.4 Å². The van der Waals surface area contributed by atoms with Crippen molar-refractivity contribution in [3.8, 4) is 0 Å². The van der Waals surface area contributed by atoms with Gasteiger partial charge in [0.25, 0.3) is 0 Å². The molecule has 1 atom stereocenters. The minimum Gasteiger partial charge on any atom is -0.330 e. The number of hydrogen-bond donors (Lipinski definition) is 1. The summed E-state index contributed by atoms with van der Waals surface area (Å²) >= 11 is 5.22. The summed E-state index contributed by atoms with van der Waals surface area (Å²) < 4.78 is 2.34. The summed E-state index contributed by atoms with van der Waals surface area (Å²) in [5.41, 5.74) is 9.83. The Morgan fingerprint density at radius 2 is 2.36 bits per heavy atom. The molecule has 0 fully saturated rings. The topological polar surface area (TPSA) is 38.9 Å². The first-order valence-electron chi connectivity index (χ1n) is 4.45. The molecule has 1 heterocycles. The standard InChI is InChI=1S/C10H11BrN2S/c1-6(4-12)7-2-9-10(3-8(7)11)14-5-13-9/h2-3,5-6H,4,12H2,1H3. The van der Waals surface area contributed by atoms with Crippen molar-refractivity contribution in [2.45, 2.75) is 12.8 Å². The molecule has 0 aliphatic rings. The van der Waals surface area contributed by atoms with Crippen molar-refractivity contribution in [2.75, 3.05) is 6.54 Å². The van der Waals surface area contributed by atoms with Gasteiger partial charge in [-0.25, -0.2) is 4.98 Å². The van der Waals surface area contributed by atoms with Crippen LogP contribution < -0.4 is 5.73 Å². The van der Waals surface area contributed by atoms with Crippen molar-refractivity contribution in [3.05, 3.63) is 27.7 Å². The second-order valence-corrected chi connectivity index (χ2v) is 5.07. The first kappa shape index (κ1) is 10.1. The first-order valence-corrected chi connectivity index (χ1v) is 6.12. The highest BCUT2D eigenvalue weighted by atomic mass is 79.9. The van der Waals surface area contributed by atoms with Crippen LogP contribution >= 0.6 is 27.3 Å². The number of nitrogens with two attached hydrogens (primary N) is 1. The summed E-state index contributed by atoms with van der Waals surface area (Å²) in [5.74, 6) is 0.371. The van der Waals surface area contributed by atoms with Crippen LogP contribution in [0.25, 0.3) is 10.2 Å². The number of rotatable bonds is 2. The van der Waals surface area contributed by atoms with Gasteiger partial charge >= 0.3 is 0 Å². The van der Waals surface area contributed by atoms with Crippen LogP contribution in [0.4, 0.5) is 0 Å². The van der Waals surface area contributed by atoms with Gasteiger partial charge < -0.3 is 5.73 Å². The smallest absolute Gasteiger partial charge is 0.0815 e. The molecule has 2 nitrogen and oxygen atoms in total. The van der Waals surface area contributed by atoms with Crippen LogP contribution in [0.3, 0.4) is 0 Å². The molecule has 0 radical (unpaired) electrons. The number of nitrogens with zero attached hydrogens (tertiary/aromatic N) is 1. The number of benzene rings is 1. The van der Waals surface area contributed by atoms with E-state index in [1.54, 1.807) is 11.3 Å². The highest BCUT2D eigenvalue weighted by molar-refractivity contribution is 9.10. The highest BCUT2D eigenvalue weighted by Crippen LogP contribution is 2.30. The van der Waals surface area contributed by atoms with Gasteiger partial charge in [0.15, 0.2) is 0 Å². The molecule has 1 aromatic heterocycles. The fourth-order valence-corrected chi connectivity index (χ4v) is 2.98. The van der Waals surface area contributed by atoms with E-state index in [0.717, 1.165) is 9.99 Å². The Kier molecular flexibility index (Phi) is 2.85. The Bertz CT molecular complexity index is 452. The van der Waals surface area contributed by atoms with Gasteiger partial charge in [0, 0.05) is 4.47 Å². The third-order valence-electron chi connectivity index (χ3n) is 2.33. The largest absolute Gasteiger partial charge is 0.330 e. The Hall–Kier alpha value is -0.450. The van der Waals surface area contributed by atoms with Crippen LogP contribution in [0, 0.1) is 0 Å². The maximum atomic E-state index is 5.65. The molecule has 0 amide bonds. The molecular formula is C10H11BrN2S. The second kappa shape index (κ2) is 3.96. The Morgan fingerprint density at radius 1 is 1.57 bits per heavy atom. The lowest BCUT2D eigenvalue weighted by Gasteiger charge is -2.10. The minimum absolute atomic E-state index is 0.371. The van der Waals surface area contributed by atoms with Crippen molar-refractivity contribution in [1.82, 2.24) is 4.98 Å². The quantitative estimate of drug-likeness (QED) is 0.911. The van der Waals surface area contributed by atoms with Gasteiger partial charge in [-0.15, -0.1) is 11.3 Å². The summed E-state index contributed by atoms with van der Waals surface area (Å²) in [6, 6.07) is 4.24. The van der Waals surface area contributed by atoms with E-state index in [2.05, 4.69) is 40.0 Å². The first-order chi connectivity index (χ1) is 6.72. The third kappa shape index (κ3) is 1.69. The van der Waals surface area contributed by atoms with Gasteiger partial charge in [0.05, 0.1) is 15.7 Å². The highest BCUT2D eigenvalue weighted by Gasteiger charge is 2.10. The van der Waals surface area contributed by atoms with Crippen LogP contribution in [-0.4, -0.2) is 11.5 Å². The van der Waals surface area contributed by atoms with E-state index in [9.17, 15) is 0 Å². The van der Waals surface area contributed by atoms with E-state index in [-0.39, 0.29) is 0 Å². The summed E-state index contributed by atoms with van der Waals surface area (Å²) in [7, 11) is 0. The van der Waals surface area contributed by atoms with Crippen molar-refractivity contribution in [1.29, 1.82) is 0 Å². The normalized spacial score (nSPS) is 13.4. The van der Waals surface area contributed by atoms with Gasteiger partial charge in [-0.3, -0.25) is 0 Å². The van der Waals surface area contributed by atoms with E-state index < -0.39 is 0 Å². The van der Waals surface area contributed by atoms with Gasteiger partial charge in [0.2, 0.25) is 0 Å². The van der Waals surface area contributed by atoms with Crippen LogP contribution in [-0.2, 0) is 0 Å². The molecule has 2 aromatic rings. The molecule has 14 heavy (non-hydrogen) atoms. The Labute approximate surface area is 95.3 Å². The van der Waals surface area contributed by atoms with Crippen molar-refractivity contribution >= 4 is 37.5 Å².